The Bertz CT molecular complexity index is 1480. The summed E-state index contributed by atoms with van der Waals surface area (Å²) in [6.07, 6.45) is -0.761. The van der Waals surface area contributed by atoms with Crippen molar-refractivity contribution in [2.45, 2.75) is 71.7 Å². The molecule has 3 aromatic carbocycles. The van der Waals surface area contributed by atoms with Crippen LogP contribution in [0, 0.1) is 18.6 Å². The molecule has 11 heteroatoms. The number of benzene rings is 3. The molecular weight excluding hydrogens is 594 g/mol. The molecule has 3 atom stereocenters. The Kier molecular flexibility index (Phi) is 13.6. The first kappa shape index (κ1) is 36.1. The van der Waals surface area contributed by atoms with Crippen LogP contribution in [-0.4, -0.2) is 64.8 Å². The summed E-state index contributed by atoms with van der Waals surface area (Å²) in [5.74, 6) is -2.26. The number of carbonyl (C=O) groups excluding carboxylic acids is 2. The number of aryl methyl sites for hydroxylation is 1. The van der Waals surface area contributed by atoms with Crippen molar-refractivity contribution in [3.8, 4) is 0 Å². The lowest BCUT2D eigenvalue weighted by Gasteiger charge is -2.25. The smallest absolute Gasteiger partial charge is 0.405 e. The summed E-state index contributed by atoms with van der Waals surface area (Å²) >= 11 is 0. The van der Waals surface area contributed by atoms with E-state index in [-0.39, 0.29) is 30.0 Å². The molecule has 3 rings (SSSR count). The molecule has 0 fully saturated rings. The van der Waals surface area contributed by atoms with Crippen molar-refractivity contribution in [2.75, 3.05) is 19.6 Å². The van der Waals surface area contributed by atoms with Gasteiger partial charge in [-0.05, 0) is 85.7 Å². The SMILES string of the molecule is CCCN(CCC)C(=O)c1cc(C)cc(C(=O)N[C@@H](Cc2cc(F)cc(F)c2)[C@H](O)CNCc2cccc(C(C)NC(=O)O)c2)c1. The van der Waals surface area contributed by atoms with Gasteiger partial charge in [0, 0.05) is 43.4 Å². The van der Waals surface area contributed by atoms with E-state index in [1.807, 2.05) is 26.0 Å². The second kappa shape index (κ2) is 17.4. The topological polar surface area (TPSA) is 131 Å². The van der Waals surface area contributed by atoms with E-state index in [4.69, 9.17) is 5.11 Å². The number of carboxylic acid groups (broad SMARTS) is 1. The van der Waals surface area contributed by atoms with Gasteiger partial charge in [0.1, 0.15) is 11.6 Å². The third-order valence-electron chi connectivity index (χ3n) is 7.49. The minimum absolute atomic E-state index is 0.0243. The molecular formula is C35H44F2N4O5. The van der Waals surface area contributed by atoms with Gasteiger partial charge in [-0.25, -0.2) is 13.6 Å². The summed E-state index contributed by atoms with van der Waals surface area (Å²) in [5, 5.41) is 28.6. The summed E-state index contributed by atoms with van der Waals surface area (Å²) in [4.78, 5) is 39.6. The molecule has 0 saturated carbocycles. The number of rotatable bonds is 16. The average molecular weight is 639 g/mol. The molecule has 9 nitrogen and oxygen atoms in total. The Balaban J connectivity index is 1.79. The van der Waals surface area contributed by atoms with E-state index >= 15 is 0 Å². The molecule has 0 aliphatic carbocycles. The summed E-state index contributed by atoms with van der Waals surface area (Å²) in [6, 6.07) is 13.9. The number of aliphatic hydroxyl groups excluding tert-OH is 1. The molecule has 0 aromatic heterocycles. The van der Waals surface area contributed by atoms with Crippen LogP contribution in [0.1, 0.15) is 82.6 Å². The van der Waals surface area contributed by atoms with Gasteiger partial charge < -0.3 is 31.1 Å². The average Bonchev–Trinajstić information content (AvgIpc) is 2.99. The summed E-state index contributed by atoms with van der Waals surface area (Å²) in [6.45, 7) is 9.04. The highest BCUT2D eigenvalue weighted by Crippen LogP contribution is 2.17. The molecule has 248 valence electrons. The zero-order valence-electron chi connectivity index (χ0n) is 26.8. The predicted molar refractivity (Wildman–Crippen MR) is 173 cm³/mol. The van der Waals surface area contributed by atoms with Gasteiger partial charge in [-0.1, -0.05) is 38.1 Å². The lowest BCUT2D eigenvalue weighted by Crippen LogP contribution is -2.48. The number of halogens is 2. The molecule has 46 heavy (non-hydrogen) atoms. The number of nitrogens with one attached hydrogen (secondary N) is 3. The van der Waals surface area contributed by atoms with Gasteiger partial charge >= 0.3 is 6.09 Å². The van der Waals surface area contributed by atoms with Crippen molar-refractivity contribution in [2.24, 2.45) is 0 Å². The van der Waals surface area contributed by atoms with Crippen molar-refractivity contribution >= 4 is 17.9 Å². The minimum atomic E-state index is -1.17. The minimum Gasteiger partial charge on any atom is -0.465 e. The lowest BCUT2D eigenvalue weighted by atomic mass is 9.99. The zero-order chi connectivity index (χ0) is 33.8. The fraction of sp³-hybridized carbons (Fsp3) is 0.400. The highest BCUT2D eigenvalue weighted by Gasteiger charge is 2.24. The molecule has 1 unspecified atom stereocenters. The van der Waals surface area contributed by atoms with E-state index in [1.165, 1.54) is 6.07 Å². The molecule has 0 saturated heterocycles. The first-order valence-electron chi connectivity index (χ1n) is 15.5. The predicted octanol–water partition coefficient (Wildman–Crippen LogP) is 5.36. The molecule has 0 heterocycles. The number of nitrogens with zero attached hydrogens (tertiary/aromatic N) is 1. The van der Waals surface area contributed by atoms with Gasteiger partial charge in [0.05, 0.1) is 18.2 Å². The van der Waals surface area contributed by atoms with E-state index in [1.54, 1.807) is 43.0 Å². The van der Waals surface area contributed by atoms with Crippen LogP contribution >= 0.6 is 0 Å². The van der Waals surface area contributed by atoms with Crippen LogP contribution in [0.3, 0.4) is 0 Å². The molecule has 0 bridgehead atoms. The first-order chi connectivity index (χ1) is 21.9. The largest absolute Gasteiger partial charge is 0.465 e. The Morgan fingerprint density at radius 1 is 0.870 bits per heavy atom. The number of carbonyl (C=O) groups is 3. The second-order valence-electron chi connectivity index (χ2n) is 11.6. The third-order valence-corrected chi connectivity index (χ3v) is 7.49. The number of amides is 3. The maximum Gasteiger partial charge on any atom is 0.405 e. The maximum atomic E-state index is 14.0. The van der Waals surface area contributed by atoms with E-state index in [0.717, 1.165) is 42.2 Å². The Hall–Kier alpha value is -4.35. The fourth-order valence-electron chi connectivity index (χ4n) is 5.34. The van der Waals surface area contributed by atoms with E-state index in [2.05, 4.69) is 16.0 Å². The van der Waals surface area contributed by atoms with E-state index in [0.29, 0.717) is 30.8 Å². The van der Waals surface area contributed by atoms with Gasteiger partial charge in [-0.15, -0.1) is 0 Å². The van der Waals surface area contributed by atoms with Gasteiger partial charge in [0.15, 0.2) is 0 Å². The van der Waals surface area contributed by atoms with Crippen molar-refractivity contribution in [3.05, 3.63) is 106 Å². The number of hydrogen-bond donors (Lipinski definition) is 5. The fourth-order valence-corrected chi connectivity index (χ4v) is 5.34. The third kappa shape index (κ3) is 10.9. The lowest BCUT2D eigenvalue weighted by molar-refractivity contribution is 0.0755. The zero-order valence-corrected chi connectivity index (χ0v) is 26.8. The van der Waals surface area contributed by atoms with Crippen molar-refractivity contribution in [1.82, 2.24) is 20.9 Å². The Morgan fingerprint density at radius 3 is 2.15 bits per heavy atom. The first-order valence-corrected chi connectivity index (χ1v) is 15.5. The van der Waals surface area contributed by atoms with Crippen LogP contribution in [0.15, 0.2) is 60.7 Å². The molecule has 5 N–H and O–H groups in total. The Morgan fingerprint density at radius 2 is 1.52 bits per heavy atom. The molecule has 0 spiro atoms. The van der Waals surface area contributed by atoms with Gasteiger partial charge in [0.25, 0.3) is 11.8 Å². The summed E-state index contributed by atoms with van der Waals surface area (Å²) < 4.78 is 28.0. The monoisotopic (exact) mass is 638 g/mol. The normalized spacial score (nSPS) is 13.0. The van der Waals surface area contributed by atoms with Gasteiger partial charge in [0.2, 0.25) is 0 Å². The van der Waals surface area contributed by atoms with Crippen molar-refractivity contribution in [1.29, 1.82) is 0 Å². The highest BCUT2D eigenvalue weighted by atomic mass is 19.1. The second-order valence-corrected chi connectivity index (χ2v) is 11.6. The van der Waals surface area contributed by atoms with Crippen LogP contribution in [-0.2, 0) is 13.0 Å². The molecule has 0 aliphatic heterocycles. The van der Waals surface area contributed by atoms with Crippen LogP contribution in [0.5, 0.6) is 0 Å². The van der Waals surface area contributed by atoms with E-state index < -0.39 is 41.8 Å². The summed E-state index contributed by atoms with van der Waals surface area (Å²) in [5.41, 5.74) is 3.19. The van der Waals surface area contributed by atoms with E-state index in [9.17, 15) is 28.3 Å². The van der Waals surface area contributed by atoms with Crippen LogP contribution in [0.2, 0.25) is 0 Å². The van der Waals surface area contributed by atoms with Crippen LogP contribution in [0.4, 0.5) is 13.6 Å². The van der Waals surface area contributed by atoms with Crippen LogP contribution in [0.25, 0.3) is 0 Å². The van der Waals surface area contributed by atoms with Crippen LogP contribution < -0.4 is 16.0 Å². The molecule has 3 amide bonds. The van der Waals surface area contributed by atoms with Crippen molar-refractivity contribution in [3.63, 3.8) is 0 Å². The van der Waals surface area contributed by atoms with Gasteiger partial charge in [-0.3, -0.25) is 9.59 Å². The Labute approximate surface area is 269 Å². The quantitative estimate of drug-likeness (QED) is 0.144. The standard InChI is InChI=1S/C35H44F2N4O5/c1-5-10-41(11-6-2)34(44)28-13-22(3)12-27(18-28)33(43)40-31(17-25-15-29(36)19-30(37)16-25)32(42)21-38-20-24-8-7-9-26(14-24)23(4)39-35(45)46/h7-9,12-16,18-19,23,31-32,38-39,42H,5-6,10-11,17,20-21H2,1-4H3,(H,40,43)(H,45,46)/t23?,31-,32+/m0/s1. The highest BCUT2D eigenvalue weighted by molar-refractivity contribution is 6.00. The molecule has 3 aromatic rings. The molecule has 0 aliphatic rings. The number of hydrogen-bond acceptors (Lipinski definition) is 5. The summed E-state index contributed by atoms with van der Waals surface area (Å²) in [7, 11) is 0. The maximum absolute atomic E-state index is 14.0. The van der Waals surface area contributed by atoms with Gasteiger partial charge in [-0.2, -0.15) is 0 Å². The number of aliphatic hydroxyl groups is 1. The van der Waals surface area contributed by atoms with Crippen molar-refractivity contribution < 1.29 is 33.4 Å². The molecule has 0 radical (unpaired) electrons.